The number of nitrogens with zero attached hydrogens (tertiary/aromatic N) is 2. The monoisotopic (exact) mass is 232 g/mol. The zero-order chi connectivity index (χ0) is 12.4. The second-order valence-electron chi connectivity index (χ2n) is 3.83. The third-order valence-corrected chi connectivity index (χ3v) is 2.80. The molecule has 0 aliphatic carbocycles. The minimum atomic E-state index is 0.106. The maximum absolute atomic E-state index is 5.74. The van der Waals surface area contributed by atoms with Crippen LogP contribution in [0.4, 0.5) is 5.95 Å². The van der Waals surface area contributed by atoms with E-state index in [-0.39, 0.29) is 12.0 Å². The molecule has 1 aromatic carbocycles. The van der Waals surface area contributed by atoms with E-state index in [4.69, 9.17) is 10.5 Å². The third-order valence-electron chi connectivity index (χ3n) is 2.80. The summed E-state index contributed by atoms with van der Waals surface area (Å²) in [7, 11) is 3.50. The topological polar surface area (TPSA) is 73.1 Å². The lowest BCUT2D eigenvalue weighted by atomic mass is 10.1. The zero-order valence-electron chi connectivity index (χ0n) is 10.2. The Bertz CT molecular complexity index is 541. The van der Waals surface area contributed by atoms with Crippen molar-refractivity contribution in [1.82, 2.24) is 15.3 Å². The second kappa shape index (κ2) is 4.55. The Morgan fingerprint density at radius 2 is 2.12 bits per heavy atom. The molecule has 0 aliphatic heterocycles. The number of para-hydroxylation sites is 1. The van der Waals surface area contributed by atoms with E-state index in [1.165, 1.54) is 0 Å². The number of nitrogen functional groups attached to an aromatic ring is 1. The Morgan fingerprint density at radius 1 is 1.35 bits per heavy atom. The Kier molecular flexibility index (Phi) is 3.10. The first-order chi connectivity index (χ1) is 8.17. The van der Waals surface area contributed by atoms with Crippen molar-refractivity contribution in [3.05, 3.63) is 23.9 Å². The highest BCUT2D eigenvalue weighted by atomic mass is 16.5. The lowest BCUT2D eigenvalue weighted by Gasteiger charge is -2.14. The summed E-state index contributed by atoms with van der Waals surface area (Å²) in [6.45, 7) is 2.03. The number of nitrogens with two attached hydrogens (primary N) is 1. The van der Waals surface area contributed by atoms with Crippen LogP contribution in [0.5, 0.6) is 5.75 Å². The predicted octanol–water partition coefficient (Wildman–Crippen LogP) is 1.50. The molecule has 1 heterocycles. The van der Waals surface area contributed by atoms with Gasteiger partial charge in [0.15, 0.2) is 0 Å². The average Bonchev–Trinajstić information content (AvgIpc) is 2.36. The van der Waals surface area contributed by atoms with Crippen molar-refractivity contribution in [2.75, 3.05) is 19.9 Å². The fourth-order valence-corrected chi connectivity index (χ4v) is 1.80. The lowest BCUT2D eigenvalue weighted by Crippen LogP contribution is -2.15. The summed E-state index contributed by atoms with van der Waals surface area (Å²) in [6, 6.07) is 5.87. The van der Waals surface area contributed by atoms with Crippen molar-refractivity contribution in [2.45, 2.75) is 13.0 Å². The van der Waals surface area contributed by atoms with Crippen molar-refractivity contribution in [2.24, 2.45) is 0 Å². The van der Waals surface area contributed by atoms with Crippen molar-refractivity contribution >= 4 is 16.9 Å². The van der Waals surface area contributed by atoms with Gasteiger partial charge < -0.3 is 15.8 Å². The van der Waals surface area contributed by atoms with Crippen LogP contribution in [0.1, 0.15) is 18.7 Å². The van der Waals surface area contributed by atoms with E-state index < -0.39 is 0 Å². The molecule has 0 fully saturated rings. The minimum absolute atomic E-state index is 0.106. The van der Waals surface area contributed by atoms with Crippen LogP contribution in [-0.4, -0.2) is 24.1 Å². The summed E-state index contributed by atoms with van der Waals surface area (Å²) >= 11 is 0. The smallest absolute Gasteiger partial charge is 0.221 e. The van der Waals surface area contributed by atoms with E-state index in [9.17, 15) is 0 Å². The first-order valence-electron chi connectivity index (χ1n) is 5.44. The molecule has 5 nitrogen and oxygen atoms in total. The van der Waals surface area contributed by atoms with Crippen LogP contribution in [0.15, 0.2) is 18.2 Å². The summed E-state index contributed by atoms with van der Waals surface area (Å²) in [5, 5.41) is 4.11. The van der Waals surface area contributed by atoms with Crippen LogP contribution in [-0.2, 0) is 0 Å². The van der Waals surface area contributed by atoms with Gasteiger partial charge in [-0.05, 0) is 20.0 Å². The number of aromatic nitrogens is 2. The summed E-state index contributed by atoms with van der Waals surface area (Å²) in [6.07, 6.45) is 0. The largest absolute Gasteiger partial charge is 0.494 e. The van der Waals surface area contributed by atoms with Gasteiger partial charge in [-0.2, -0.15) is 0 Å². The molecule has 2 aromatic rings. The summed E-state index contributed by atoms with van der Waals surface area (Å²) < 4.78 is 5.28. The molecule has 3 N–H and O–H groups in total. The van der Waals surface area contributed by atoms with Gasteiger partial charge in [0.1, 0.15) is 11.3 Å². The number of fused-ring (bicyclic) bond motifs is 1. The highest BCUT2D eigenvalue weighted by molar-refractivity contribution is 5.87. The SMILES string of the molecule is CNC(C)c1nc(N)nc2c(OC)cccc12. The number of rotatable bonds is 3. The molecule has 0 aliphatic rings. The molecule has 0 bridgehead atoms. The fraction of sp³-hybridized carbons (Fsp3) is 0.333. The van der Waals surface area contributed by atoms with Crippen LogP contribution in [0.2, 0.25) is 0 Å². The summed E-state index contributed by atoms with van der Waals surface area (Å²) in [5.41, 5.74) is 7.37. The molecular weight excluding hydrogens is 216 g/mol. The highest BCUT2D eigenvalue weighted by Crippen LogP contribution is 2.28. The van der Waals surface area contributed by atoms with Crippen LogP contribution in [0.3, 0.4) is 0 Å². The van der Waals surface area contributed by atoms with Gasteiger partial charge in [0.05, 0.1) is 12.8 Å². The summed E-state index contributed by atoms with van der Waals surface area (Å²) in [5.74, 6) is 0.972. The van der Waals surface area contributed by atoms with Crippen molar-refractivity contribution in [3.8, 4) is 5.75 Å². The van der Waals surface area contributed by atoms with Crippen molar-refractivity contribution in [1.29, 1.82) is 0 Å². The maximum atomic E-state index is 5.74. The molecule has 0 radical (unpaired) electrons. The van der Waals surface area contributed by atoms with E-state index in [2.05, 4.69) is 15.3 Å². The third kappa shape index (κ3) is 2.01. The van der Waals surface area contributed by atoms with Crippen molar-refractivity contribution in [3.63, 3.8) is 0 Å². The number of nitrogens with one attached hydrogen (secondary N) is 1. The Balaban J connectivity index is 2.76. The number of hydrogen-bond donors (Lipinski definition) is 2. The minimum Gasteiger partial charge on any atom is -0.494 e. The van der Waals surface area contributed by atoms with Gasteiger partial charge in [0, 0.05) is 11.4 Å². The molecule has 0 spiro atoms. The van der Waals surface area contributed by atoms with E-state index in [0.29, 0.717) is 5.75 Å². The fourth-order valence-electron chi connectivity index (χ4n) is 1.80. The van der Waals surface area contributed by atoms with E-state index >= 15 is 0 Å². The van der Waals surface area contributed by atoms with E-state index in [0.717, 1.165) is 16.6 Å². The van der Waals surface area contributed by atoms with Gasteiger partial charge in [-0.15, -0.1) is 0 Å². The normalized spacial score (nSPS) is 12.6. The first kappa shape index (κ1) is 11.6. The number of ether oxygens (including phenoxy) is 1. The van der Waals surface area contributed by atoms with Crippen LogP contribution >= 0.6 is 0 Å². The number of methoxy groups -OCH3 is 1. The average molecular weight is 232 g/mol. The molecule has 0 amide bonds. The van der Waals surface area contributed by atoms with Gasteiger partial charge in [0.2, 0.25) is 5.95 Å². The Morgan fingerprint density at radius 3 is 2.76 bits per heavy atom. The Hall–Kier alpha value is -1.88. The standard InChI is InChI=1S/C12H16N4O/c1-7(14-2)10-8-5-4-6-9(17-3)11(8)16-12(13)15-10/h4-7,14H,1-3H3,(H2,13,15,16). The van der Waals surface area contributed by atoms with E-state index in [1.54, 1.807) is 7.11 Å². The maximum Gasteiger partial charge on any atom is 0.221 e. The molecule has 1 unspecified atom stereocenters. The molecule has 1 aromatic heterocycles. The molecule has 1 atom stereocenters. The molecule has 0 saturated carbocycles. The van der Waals surface area contributed by atoms with E-state index in [1.807, 2.05) is 32.2 Å². The van der Waals surface area contributed by atoms with Gasteiger partial charge in [-0.1, -0.05) is 12.1 Å². The van der Waals surface area contributed by atoms with Gasteiger partial charge in [-0.3, -0.25) is 0 Å². The molecule has 17 heavy (non-hydrogen) atoms. The highest BCUT2D eigenvalue weighted by Gasteiger charge is 2.13. The quantitative estimate of drug-likeness (QED) is 0.839. The van der Waals surface area contributed by atoms with Gasteiger partial charge in [-0.25, -0.2) is 9.97 Å². The first-order valence-corrected chi connectivity index (χ1v) is 5.44. The Labute approximate surface area is 100 Å². The number of hydrogen-bond acceptors (Lipinski definition) is 5. The number of anilines is 1. The van der Waals surface area contributed by atoms with Crippen molar-refractivity contribution < 1.29 is 4.74 Å². The molecular formula is C12H16N4O. The molecule has 2 rings (SSSR count). The molecule has 0 saturated heterocycles. The van der Waals surface area contributed by atoms with Gasteiger partial charge >= 0.3 is 0 Å². The zero-order valence-corrected chi connectivity index (χ0v) is 10.2. The predicted molar refractivity (Wildman–Crippen MR) is 68.0 cm³/mol. The number of benzene rings is 1. The van der Waals surface area contributed by atoms with Crippen LogP contribution in [0.25, 0.3) is 10.9 Å². The van der Waals surface area contributed by atoms with Crippen LogP contribution < -0.4 is 15.8 Å². The second-order valence-corrected chi connectivity index (χ2v) is 3.83. The molecule has 5 heteroatoms. The van der Waals surface area contributed by atoms with Crippen LogP contribution in [0, 0.1) is 0 Å². The van der Waals surface area contributed by atoms with Gasteiger partial charge in [0.25, 0.3) is 0 Å². The lowest BCUT2D eigenvalue weighted by molar-refractivity contribution is 0.419. The molecule has 90 valence electrons. The summed E-state index contributed by atoms with van der Waals surface area (Å²) in [4.78, 5) is 8.53.